The van der Waals surface area contributed by atoms with Crippen molar-refractivity contribution in [2.45, 2.75) is 27.7 Å². The second-order valence-electron chi connectivity index (χ2n) is 8.44. The third-order valence-corrected chi connectivity index (χ3v) is 6.35. The Bertz CT molecular complexity index is 1630. The van der Waals surface area contributed by atoms with Gasteiger partial charge in [0.15, 0.2) is 0 Å². The van der Waals surface area contributed by atoms with Gasteiger partial charge in [0.25, 0.3) is 0 Å². The molecule has 0 aliphatic carbocycles. The molecule has 2 nitrogen and oxygen atoms in total. The first kappa shape index (κ1) is 17.3. The molecular weight excluding hydrogens is 368 g/mol. The van der Waals surface area contributed by atoms with Gasteiger partial charge in [0.2, 0.25) is 0 Å². The number of rotatable bonds is 1. The molecule has 30 heavy (non-hydrogen) atoms. The van der Waals surface area contributed by atoms with Crippen molar-refractivity contribution in [3.8, 4) is 11.1 Å². The van der Waals surface area contributed by atoms with E-state index in [9.17, 15) is 0 Å². The number of fused-ring (bicyclic) bond motifs is 6. The van der Waals surface area contributed by atoms with Crippen LogP contribution in [0.25, 0.3) is 55.0 Å². The van der Waals surface area contributed by atoms with Crippen LogP contribution in [0.4, 0.5) is 0 Å². The first-order valence-electron chi connectivity index (χ1n) is 10.4. The molecule has 0 radical (unpaired) electrons. The van der Waals surface area contributed by atoms with Crippen molar-refractivity contribution in [2.75, 3.05) is 0 Å². The molecule has 0 saturated carbocycles. The van der Waals surface area contributed by atoms with Crippen LogP contribution in [0.3, 0.4) is 0 Å². The number of hydrogen-bond donors (Lipinski definition) is 0. The fraction of sp³-hybridized carbons (Fsp3) is 0.143. The average Bonchev–Trinajstić information content (AvgIpc) is 3.28. The van der Waals surface area contributed by atoms with E-state index in [1.807, 2.05) is 0 Å². The van der Waals surface area contributed by atoms with Crippen LogP contribution in [0.5, 0.6) is 0 Å². The minimum absolute atomic E-state index is 0.936. The lowest BCUT2D eigenvalue weighted by Crippen LogP contribution is -1.86. The Labute approximate surface area is 174 Å². The van der Waals surface area contributed by atoms with E-state index in [0.717, 1.165) is 33.5 Å². The maximum atomic E-state index is 6.33. The van der Waals surface area contributed by atoms with E-state index in [1.165, 1.54) is 43.8 Å². The van der Waals surface area contributed by atoms with Gasteiger partial charge in [-0.1, -0.05) is 42.0 Å². The summed E-state index contributed by atoms with van der Waals surface area (Å²) in [5.41, 5.74) is 11.0. The lowest BCUT2D eigenvalue weighted by molar-refractivity contribution is 0.663. The molecule has 0 spiro atoms. The van der Waals surface area contributed by atoms with E-state index < -0.39 is 0 Å². The number of benzene rings is 4. The van der Waals surface area contributed by atoms with Crippen molar-refractivity contribution in [2.24, 2.45) is 0 Å². The number of furan rings is 2. The molecule has 2 aromatic heterocycles. The van der Waals surface area contributed by atoms with Gasteiger partial charge < -0.3 is 8.83 Å². The molecule has 146 valence electrons. The van der Waals surface area contributed by atoms with Crippen molar-refractivity contribution in [3.05, 3.63) is 82.9 Å². The zero-order valence-electron chi connectivity index (χ0n) is 17.6. The highest BCUT2D eigenvalue weighted by atomic mass is 16.3. The molecule has 0 saturated heterocycles. The number of hydrogen-bond acceptors (Lipinski definition) is 2. The third kappa shape index (κ3) is 2.31. The first-order chi connectivity index (χ1) is 14.5. The summed E-state index contributed by atoms with van der Waals surface area (Å²) in [6.07, 6.45) is 0. The first-order valence-corrected chi connectivity index (χ1v) is 10.4. The summed E-state index contributed by atoms with van der Waals surface area (Å²) in [4.78, 5) is 0. The highest BCUT2D eigenvalue weighted by molar-refractivity contribution is 6.10. The number of para-hydroxylation sites is 1. The van der Waals surface area contributed by atoms with Crippen molar-refractivity contribution in [1.29, 1.82) is 0 Å². The summed E-state index contributed by atoms with van der Waals surface area (Å²) in [5, 5.41) is 4.75. The summed E-state index contributed by atoms with van der Waals surface area (Å²) in [6.45, 7) is 8.54. The van der Waals surface area contributed by atoms with E-state index in [0.29, 0.717) is 0 Å². The molecule has 0 atom stereocenters. The second kappa shape index (κ2) is 5.99. The van der Waals surface area contributed by atoms with Crippen molar-refractivity contribution < 1.29 is 8.83 Å². The molecule has 6 rings (SSSR count). The lowest BCUT2D eigenvalue weighted by atomic mass is 9.95. The molecule has 6 aromatic rings. The van der Waals surface area contributed by atoms with Crippen LogP contribution in [-0.4, -0.2) is 0 Å². The Morgan fingerprint density at radius 3 is 2.30 bits per heavy atom. The molecule has 4 aromatic carbocycles. The molecule has 2 heterocycles. The Morgan fingerprint density at radius 1 is 0.600 bits per heavy atom. The molecule has 0 unspecified atom stereocenters. The molecule has 0 bridgehead atoms. The third-order valence-electron chi connectivity index (χ3n) is 6.35. The Hall–Kier alpha value is -3.52. The predicted octanol–water partition coefficient (Wildman–Crippen LogP) is 8.39. The van der Waals surface area contributed by atoms with E-state index in [2.05, 4.69) is 88.4 Å². The van der Waals surface area contributed by atoms with Gasteiger partial charge in [0.05, 0.1) is 0 Å². The maximum absolute atomic E-state index is 6.33. The van der Waals surface area contributed by atoms with Crippen LogP contribution in [0.2, 0.25) is 0 Å². The molecule has 0 fully saturated rings. The molecule has 0 amide bonds. The standard InChI is InChI=1S/C28H22O2/c1-15-8-11-24-23(12-15)26-17(3)13-19(14-25(26)29-24)20-9-10-22-21-7-5-6-16(2)27(21)30-28(22)18(20)4/h5-14H,1-4H3. The Balaban J connectivity index is 1.63. The normalized spacial score (nSPS) is 12.0. The fourth-order valence-corrected chi connectivity index (χ4v) is 4.83. The maximum Gasteiger partial charge on any atom is 0.138 e. The van der Waals surface area contributed by atoms with Crippen LogP contribution in [0, 0.1) is 27.7 Å². The number of aryl methyl sites for hydroxylation is 4. The summed E-state index contributed by atoms with van der Waals surface area (Å²) in [5.74, 6) is 0. The largest absolute Gasteiger partial charge is 0.456 e. The van der Waals surface area contributed by atoms with E-state index in [1.54, 1.807) is 0 Å². The zero-order valence-corrected chi connectivity index (χ0v) is 17.6. The molecule has 0 aliphatic heterocycles. The summed E-state index contributed by atoms with van der Waals surface area (Å²) in [6, 6.07) is 21.5. The smallest absolute Gasteiger partial charge is 0.138 e. The Kier molecular flexibility index (Phi) is 3.47. The fourth-order valence-electron chi connectivity index (χ4n) is 4.83. The Morgan fingerprint density at radius 2 is 1.43 bits per heavy atom. The van der Waals surface area contributed by atoms with Gasteiger partial charge in [-0.3, -0.25) is 0 Å². The van der Waals surface area contributed by atoms with Crippen molar-refractivity contribution in [3.63, 3.8) is 0 Å². The molecule has 0 aliphatic rings. The van der Waals surface area contributed by atoms with Crippen LogP contribution in [-0.2, 0) is 0 Å². The van der Waals surface area contributed by atoms with Crippen LogP contribution in [0.15, 0.2) is 69.5 Å². The van der Waals surface area contributed by atoms with Gasteiger partial charge in [-0.05, 0) is 74.2 Å². The topological polar surface area (TPSA) is 26.3 Å². The minimum Gasteiger partial charge on any atom is -0.456 e. The van der Waals surface area contributed by atoms with Crippen LogP contribution in [0.1, 0.15) is 22.3 Å². The van der Waals surface area contributed by atoms with Gasteiger partial charge >= 0.3 is 0 Å². The lowest BCUT2D eigenvalue weighted by Gasteiger charge is -2.08. The van der Waals surface area contributed by atoms with Crippen molar-refractivity contribution >= 4 is 43.9 Å². The van der Waals surface area contributed by atoms with Gasteiger partial charge in [0.1, 0.15) is 22.3 Å². The van der Waals surface area contributed by atoms with Gasteiger partial charge in [-0.2, -0.15) is 0 Å². The quantitative estimate of drug-likeness (QED) is 0.282. The summed E-state index contributed by atoms with van der Waals surface area (Å²) < 4.78 is 12.5. The van der Waals surface area contributed by atoms with Gasteiger partial charge in [-0.15, -0.1) is 0 Å². The highest BCUT2D eigenvalue weighted by Crippen LogP contribution is 2.39. The van der Waals surface area contributed by atoms with Crippen molar-refractivity contribution in [1.82, 2.24) is 0 Å². The molecule has 2 heteroatoms. The van der Waals surface area contributed by atoms with Gasteiger partial charge in [-0.25, -0.2) is 0 Å². The van der Waals surface area contributed by atoms with Crippen LogP contribution < -0.4 is 0 Å². The van der Waals surface area contributed by atoms with Gasteiger partial charge in [0, 0.05) is 27.1 Å². The zero-order chi connectivity index (χ0) is 20.6. The van der Waals surface area contributed by atoms with Crippen LogP contribution >= 0.6 is 0 Å². The van der Waals surface area contributed by atoms with E-state index in [-0.39, 0.29) is 0 Å². The average molecular weight is 390 g/mol. The minimum atomic E-state index is 0.936. The SMILES string of the molecule is Cc1ccc2oc3cc(-c4ccc5c(oc6c(C)cccc65)c4C)cc(C)c3c2c1. The summed E-state index contributed by atoms with van der Waals surface area (Å²) >= 11 is 0. The summed E-state index contributed by atoms with van der Waals surface area (Å²) in [7, 11) is 0. The predicted molar refractivity (Wildman–Crippen MR) is 125 cm³/mol. The van der Waals surface area contributed by atoms with E-state index in [4.69, 9.17) is 8.83 Å². The molecular formula is C28H22O2. The van der Waals surface area contributed by atoms with E-state index >= 15 is 0 Å². The highest BCUT2D eigenvalue weighted by Gasteiger charge is 2.16. The molecule has 0 N–H and O–H groups in total. The monoisotopic (exact) mass is 390 g/mol. The second-order valence-corrected chi connectivity index (χ2v) is 8.44.